The van der Waals surface area contributed by atoms with E-state index in [1.165, 1.54) is 6.20 Å². The maximum atomic E-state index is 14.0. The molecule has 0 atom stereocenters. The highest BCUT2D eigenvalue weighted by Crippen LogP contribution is 2.32. The maximum absolute atomic E-state index is 14.0. The first-order valence-electron chi connectivity index (χ1n) is 19.4. The van der Waals surface area contributed by atoms with Crippen LogP contribution in [0.25, 0.3) is 22.4 Å². The molecule has 316 valence electrons. The molecule has 2 aliphatic rings. The Hall–Kier alpha value is -6.04. The van der Waals surface area contributed by atoms with Crippen LogP contribution in [-0.4, -0.2) is 117 Å². The molecule has 5 aromatic rings. The van der Waals surface area contributed by atoms with Crippen LogP contribution in [0.15, 0.2) is 18.6 Å². The Balaban J connectivity index is 0.908. The van der Waals surface area contributed by atoms with Crippen LogP contribution in [0, 0.1) is 31.6 Å². The van der Waals surface area contributed by atoms with Gasteiger partial charge in [-0.05, 0) is 33.1 Å². The molecule has 60 heavy (non-hydrogen) atoms. The number of ether oxygens (including phenoxy) is 3. The van der Waals surface area contributed by atoms with Gasteiger partial charge in [0, 0.05) is 75.0 Å². The smallest absolute Gasteiger partial charge is 0.281 e. The van der Waals surface area contributed by atoms with E-state index in [2.05, 4.69) is 52.0 Å². The molecule has 2 fully saturated rings. The molecular formula is C39H45ClF2N14O4. The molecule has 0 radical (unpaired) electrons. The number of alkyl halides is 2. The van der Waals surface area contributed by atoms with E-state index in [4.69, 9.17) is 42.3 Å². The van der Waals surface area contributed by atoms with E-state index in [0.717, 1.165) is 22.6 Å². The van der Waals surface area contributed by atoms with Gasteiger partial charge < -0.3 is 45.4 Å². The van der Waals surface area contributed by atoms with Gasteiger partial charge in [0.25, 0.3) is 6.43 Å². The number of amides is 1. The van der Waals surface area contributed by atoms with Crippen molar-refractivity contribution in [1.29, 1.82) is 0 Å². The van der Waals surface area contributed by atoms with Crippen molar-refractivity contribution in [3.8, 4) is 29.0 Å². The summed E-state index contributed by atoms with van der Waals surface area (Å²) in [5, 5.41) is 3.79. The molecule has 0 unspecified atom stereocenters. The minimum absolute atomic E-state index is 0.0189. The number of aromatic nitrogens is 9. The average molecular weight is 847 g/mol. The zero-order chi connectivity index (χ0) is 42.3. The van der Waals surface area contributed by atoms with Crippen LogP contribution in [0.4, 0.5) is 32.6 Å². The third-order valence-corrected chi connectivity index (χ3v) is 10.5. The summed E-state index contributed by atoms with van der Waals surface area (Å²) in [5.41, 5.74) is 14.8. The van der Waals surface area contributed by atoms with Gasteiger partial charge >= 0.3 is 0 Å². The third kappa shape index (κ3) is 9.54. The minimum Gasteiger partial charge on any atom is -0.496 e. The summed E-state index contributed by atoms with van der Waals surface area (Å²) in [4.78, 5) is 51.6. The summed E-state index contributed by atoms with van der Waals surface area (Å²) in [6.07, 6.45) is 3.59. The molecule has 5 aromatic heterocycles. The lowest BCUT2D eigenvalue weighted by Gasteiger charge is -2.32. The van der Waals surface area contributed by atoms with E-state index in [-0.39, 0.29) is 46.9 Å². The fourth-order valence-corrected chi connectivity index (χ4v) is 7.43. The number of rotatable bonds is 13. The van der Waals surface area contributed by atoms with Gasteiger partial charge in [0.05, 0.1) is 49.1 Å². The van der Waals surface area contributed by atoms with Crippen LogP contribution in [-0.2, 0) is 20.8 Å². The van der Waals surface area contributed by atoms with E-state index in [1.807, 2.05) is 34.4 Å². The molecule has 5 N–H and O–H groups in total. The second kappa shape index (κ2) is 18.9. The Labute approximate surface area is 349 Å². The van der Waals surface area contributed by atoms with Crippen molar-refractivity contribution in [2.45, 2.75) is 46.1 Å². The van der Waals surface area contributed by atoms with Crippen LogP contribution in [0.2, 0.25) is 5.15 Å². The number of carbonyl (C=O) groups is 1. The van der Waals surface area contributed by atoms with Crippen molar-refractivity contribution >= 4 is 52.3 Å². The summed E-state index contributed by atoms with van der Waals surface area (Å²) in [5.74, 6) is 7.12. The van der Waals surface area contributed by atoms with Crippen LogP contribution < -0.4 is 31.3 Å². The number of nitrogens with zero attached hydrogens (tertiary/aromatic N) is 11. The molecule has 0 spiro atoms. The zero-order valence-corrected chi connectivity index (χ0v) is 34.2. The number of nitrogens with one attached hydrogen (secondary N) is 1. The first-order valence-corrected chi connectivity index (χ1v) is 19.8. The fraction of sp³-hybridized carbons (Fsp3) is 0.462. The monoisotopic (exact) mass is 846 g/mol. The number of pyridine rings is 1. The van der Waals surface area contributed by atoms with Gasteiger partial charge in [-0.15, -0.1) is 0 Å². The molecule has 2 aliphatic heterocycles. The van der Waals surface area contributed by atoms with E-state index in [1.54, 1.807) is 13.3 Å². The Morgan fingerprint density at radius 2 is 1.73 bits per heavy atom. The fourth-order valence-electron chi connectivity index (χ4n) is 7.16. The number of hydrogen-bond donors (Lipinski definition) is 3. The number of hydrogen-bond acceptors (Lipinski definition) is 16. The quantitative estimate of drug-likeness (QED) is 0.0876. The third-order valence-electron chi connectivity index (χ3n) is 10.3. The van der Waals surface area contributed by atoms with E-state index >= 15 is 0 Å². The molecule has 7 rings (SSSR count). The summed E-state index contributed by atoms with van der Waals surface area (Å²) in [6.45, 7) is 8.23. The van der Waals surface area contributed by atoms with Crippen molar-refractivity contribution in [2.24, 2.45) is 5.92 Å². The Morgan fingerprint density at radius 3 is 2.45 bits per heavy atom. The Kier molecular flexibility index (Phi) is 13.3. The summed E-state index contributed by atoms with van der Waals surface area (Å²) in [7, 11) is 1.63. The second-order valence-electron chi connectivity index (χ2n) is 14.2. The Bertz CT molecular complexity index is 2410. The summed E-state index contributed by atoms with van der Waals surface area (Å²) in [6, 6.07) is 0. The summed E-state index contributed by atoms with van der Waals surface area (Å²) >= 11 is 6.52. The topological polar surface area (TPSA) is 223 Å². The first kappa shape index (κ1) is 42.1. The minimum atomic E-state index is -2.92. The van der Waals surface area contributed by atoms with Crippen molar-refractivity contribution < 1.29 is 27.8 Å². The molecule has 2 saturated heterocycles. The number of aryl methyl sites for hydroxylation is 1. The van der Waals surface area contributed by atoms with Crippen molar-refractivity contribution in [3.05, 3.63) is 51.8 Å². The van der Waals surface area contributed by atoms with Gasteiger partial charge in [-0.25, -0.2) is 23.7 Å². The molecule has 21 heteroatoms. The highest BCUT2D eigenvalue weighted by molar-refractivity contribution is 6.34. The lowest BCUT2D eigenvalue weighted by molar-refractivity contribution is -0.125. The average Bonchev–Trinajstić information content (AvgIpc) is 3.59. The number of nitrogens with two attached hydrogens (primary N) is 2. The SMILES string of the molecule is COc1c(C)cnc(Cn2cc(C#CCOCCCNC(=O)C3CCN(c4nc(-c5cnc(N)nc5C(F)F)nc(N5CCOCC5)n4)CC3)c3c(Cl)nc(N)nc32)c1C. The molecule has 0 aliphatic carbocycles. The lowest BCUT2D eigenvalue weighted by Crippen LogP contribution is -2.42. The highest BCUT2D eigenvalue weighted by atomic mass is 35.5. The van der Waals surface area contributed by atoms with Crippen molar-refractivity contribution in [1.82, 2.24) is 49.8 Å². The van der Waals surface area contributed by atoms with Gasteiger partial charge in [0.1, 0.15) is 28.9 Å². The van der Waals surface area contributed by atoms with Crippen LogP contribution >= 0.6 is 11.6 Å². The second-order valence-corrected chi connectivity index (χ2v) is 14.6. The maximum Gasteiger partial charge on any atom is 0.281 e. The van der Waals surface area contributed by atoms with E-state index in [0.29, 0.717) is 107 Å². The largest absolute Gasteiger partial charge is 0.496 e. The normalized spacial score (nSPS) is 14.7. The number of fused-ring (bicyclic) bond motifs is 1. The van der Waals surface area contributed by atoms with Gasteiger partial charge in [0.2, 0.25) is 29.7 Å². The van der Waals surface area contributed by atoms with Gasteiger partial charge in [-0.1, -0.05) is 23.4 Å². The lowest BCUT2D eigenvalue weighted by atomic mass is 9.96. The molecule has 0 aromatic carbocycles. The van der Waals surface area contributed by atoms with Crippen LogP contribution in [0.3, 0.4) is 0 Å². The first-order chi connectivity index (χ1) is 29.0. The molecule has 0 bridgehead atoms. The van der Waals surface area contributed by atoms with E-state index < -0.39 is 12.1 Å². The molecule has 1 amide bonds. The van der Waals surface area contributed by atoms with Crippen LogP contribution in [0.5, 0.6) is 5.75 Å². The number of anilines is 4. The van der Waals surface area contributed by atoms with Crippen molar-refractivity contribution in [3.63, 3.8) is 0 Å². The van der Waals surface area contributed by atoms with Gasteiger partial charge in [-0.3, -0.25) is 9.78 Å². The zero-order valence-electron chi connectivity index (χ0n) is 33.4. The molecule has 18 nitrogen and oxygen atoms in total. The number of morpholine rings is 1. The number of methoxy groups -OCH3 is 1. The van der Waals surface area contributed by atoms with Gasteiger partial charge in [0.15, 0.2) is 5.82 Å². The predicted molar refractivity (Wildman–Crippen MR) is 220 cm³/mol. The predicted octanol–water partition coefficient (Wildman–Crippen LogP) is 3.53. The number of piperidine rings is 1. The molecule has 7 heterocycles. The van der Waals surface area contributed by atoms with Gasteiger partial charge in [-0.2, -0.15) is 19.9 Å². The molecule has 0 saturated carbocycles. The van der Waals surface area contributed by atoms with Crippen molar-refractivity contribution in [2.75, 3.05) is 87.5 Å². The standard InChI is InChI=1S/C39H45ClF2N14O4/c1-22-18-46-27(23(2)30(22)58-3)21-56-20-25(28-31(40)49-37(44)52-34(28)56)6-4-14-59-15-5-9-45-35(57)24-7-10-54(11-8-24)38-50-33(26-19-47-36(43)48-29(26)32(41)42)51-39(53-38)55-12-16-60-17-13-55/h18-20,24,32H,5,7-17,21H2,1-3H3,(H,45,57)(H2,43,47,48)(H2,44,49,52). The number of carbonyl (C=O) groups excluding carboxylic acids is 1. The summed E-state index contributed by atoms with van der Waals surface area (Å²) < 4.78 is 46.7. The number of nitrogen functional groups attached to an aromatic ring is 2. The Morgan fingerprint density at radius 1 is 1.00 bits per heavy atom. The highest BCUT2D eigenvalue weighted by Gasteiger charge is 2.29. The number of halogens is 3. The van der Waals surface area contributed by atoms with E-state index in [9.17, 15) is 13.6 Å². The van der Waals surface area contributed by atoms with Crippen LogP contribution in [0.1, 0.15) is 53.8 Å². The molecular weight excluding hydrogens is 802 g/mol.